The van der Waals surface area contributed by atoms with Gasteiger partial charge in [-0.3, -0.25) is 19.3 Å². The zero-order valence-electron chi connectivity index (χ0n) is 22.0. The molecular weight excluding hydrogens is 506 g/mol. The molecule has 10 nitrogen and oxygen atoms in total. The molecule has 1 atom stereocenters. The van der Waals surface area contributed by atoms with Crippen LogP contribution < -0.4 is 14.2 Å². The number of methoxy groups -OCH3 is 2. The predicted octanol–water partition coefficient (Wildman–Crippen LogP) is 3.53. The SMILES string of the molecule is COc1cc(/C=C/OCC(=O)/C=C/c2ccc(OC(=O)C(C(C)C)N3C(=O)C=CC3=O)c(OC)c2)ccc1O. The first-order valence-electron chi connectivity index (χ1n) is 12.0. The molecule has 2 aromatic rings. The Bertz CT molecular complexity index is 1320. The quantitative estimate of drug-likeness (QED) is 0.143. The number of carbonyl (C=O) groups is 4. The van der Waals surface area contributed by atoms with E-state index in [4.69, 9.17) is 18.9 Å². The van der Waals surface area contributed by atoms with Crippen LogP contribution in [0.5, 0.6) is 23.0 Å². The molecule has 0 fully saturated rings. The number of hydrogen-bond acceptors (Lipinski definition) is 9. The van der Waals surface area contributed by atoms with Crippen molar-refractivity contribution in [2.45, 2.75) is 19.9 Å². The molecule has 0 aromatic heterocycles. The Kier molecular flexibility index (Phi) is 9.63. The van der Waals surface area contributed by atoms with Crippen LogP contribution in [0.4, 0.5) is 0 Å². The molecule has 2 aromatic carbocycles. The van der Waals surface area contributed by atoms with Crippen molar-refractivity contribution >= 4 is 35.7 Å². The number of esters is 1. The van der Waals surface area contributed by atoms with Crippen LogP contribution in [0.3, 0.4) is 0 Å². The molecule has 1 unspecified atom stereocenters. The molecule has 0 bridgehead atoms. The molecule has 1 N–H and O–H groups in total. The fourth-order valence-corrected chi connectivity index (χ4v) is 3.69. The molecule has 0 aliphatic carbocycles. The zero-order chi connectivity index (χ0) is 28.5. The van der Waals surface area contributed by atoms with Gasteiger partial charge in [-0.15, -0.1) is 0 Å². The topological polar surface area (TPSA) is 129 Å². The van der Waals surface area contributed by atoms with E-state index >= 15 is 0 Å². The minimum Gasteiger partial charge on any atom is -0.504 e. The fourth-order valence-electron chi connectivity index (χ4n) is 3.69. The molecule has 204 valence electrons. The van der Waals surface area contributed by atoms with Crippen molar-refractivity contribution in [3.05, 3.63) is 72.0 Å². The maximum absolute atomic E-state index is 12.9. The van der Waals surface area contributed by atoms with Crippen LogP contribution in [0.1, 0.15) is 25.0 Å². The average Bonchev–Trinajstić information content (AvgIpc) is 3.24. The van der Waals surface area contributed by atoms with Gasteiger partial charge in [0.15, 0.2) is 28.8 Å². The molecule has 1 heterocycles. The van der Waals surface area contributed by atoms with Gasteiger partial charge in [0, 0.05) is 12.2 Å². The largest absolute Gasteiger partial charge is 0.504 e. The van der Waals surface area contributed by atoms with E-state index in [2.05, 4.69) is 0 Å². The van der Waals surface area contributed by atoms with Crippen LogP contribution in [0, 0.1) is 5.92 Å². The summed E-state index contributed by atoms with van der Waals surface area (Å²) in [7, 11) is 2.84. The average molecular weight is 536 g/mol. The fraction of sp³-hybridized carbons (Fsp3) is 0.241. The van der Waals surface area contributed by atoms with Gasteiger partial charge in [-0.1, -0.05) is 32.1 Å². The van der Waals surface area contributed by atoms with Crippen LogP contribution in [0.2, 0.25) is 0 Å². The number of carbonyl (C=O) groups excluding carboxylic acids is 4. The zero-order valence-corrected chi connectivity index (χ0v) is 22.0. The predicted molar refractivity (Wildman–Crippen MR) is 142 cm³/mol. The smallest absolute Gasteiger partial charge is 0.335 e. The van der Waals surface area contributed by atoms with Crippen molar-refractivity contribution in [1.29, 1.82) is 0 Å². The number of phenols is 1. The van der Waals surface area contributed by atoms with E-state index in [0.29, 0.717) is 11.3 Å². The summed E-state index contributed by atoms with van der Waals surface area (Å²) < 4.78 is 21.1. The van der Waals surface area contributed by atoms with Gasteiger partial charge >= 0.3 is 5.97 Å². The number of ketones is 1. The van der Waals surface area contributed by atoms with Crippen LogP contribution in [0.25, 0.3) is 12.2 Å². The summed E-state index contributed by atoms with van der Waals surface area (Å²) in [5, 5.41) is 9.63. The normalized spacial score (nSPS) is 13.9. The van der Waals surface area contributed by atoms with Crippen molar-refractivity contribution < 1.29 is 43.2 Å². The van der Waals surface area contributed by atoms with Gasteiger partial charge in [0.1, 0.15) is 12.6 Å². The van der Waals surface area contributed by atoms with E-state index in [1.165, 1.54) is 38.7 Å². The minimum absolute atomic E-state index is 0.0195. The van der Waals surface area contributed by atoms with Gasteiger partial charge in [-0.2, -0.15) is 0 Å². The number of hydrogen-bond donors (Lipinski definition) is 1. The molecular formula is C29H29NO9. The van der Waals surface area contributed by atoms with Crippen LogP contribution in [-0.4, -0.2) is 60.4 Å². The molecule has 10 heteroatoms. The summed E-state index contributed by atoms with van der Waals surface area (Å²) >= 11 is 0. The standard InChI is InChI=1S/C29H29NO9/c1-18(2)28(30-26(33)11-12-27(30)34)29(35)39-23-10-7-19(16-25(23)37-4)5-8-21(31)17-38-14-13-20-6-9-22(32)24(15-20)36-3/h5-16,18,28,32H,17H2,1-4H3/b8-5+,14-13+. The summed E-state index contributed by atoms with van der Waals surface area (Å²) in [6.07, 6.45) is 8.11. The summed E-state index contributed by atoms with van der Waals surface area (Å²) in [5.41, 5.74) is 1.32. The minimum atomic E-state index is -1.10. The Balaban J connectivity index is 1.60. The summed E-state index contributed by atoms with van der Waals surface area (Å²) in [6.45, 7) is 3.21. The summed E-state index contributed by atoms with van der Waals surface area (Å²) in [4.78, 5) is 50.2. The number of rotatable bonds is 12. The van der Waals surface area contributed by atoms with Crippen molar-refractivity contribution in [3.8, 4) is 23.0 Å². The van der Waals surface area contributed by atoms with Crippen LogP contribution >= 0.6 is 0 Å². The first-order chi connectivity index (χ1) is 18.6. The lowest BCUT2D eigenvalue weighted by Crippen LogP contribution is -2.49. The number of ether oxygens (including phenoxy) is 4. The number of aromatic hydroxyl groups is 1. The number of nitrogens with zero attached hydrogens (tertiary/aromatic N) is 1. The highest BCUT2D eigenvalue weighted by Crippen LogP contribution is 2.30. The molecule has 39 heavy (non-hydrogen) atoms. The molecule has 0 saturated heterocycles. The monoisotopic (exact) mass is 535 g/mol. The molecule has 2 amide bonds. The summed E-state index contributed by atoms with van der Waals surface area (Å²) in [5.74, 6) is -1.95. The van der Waals surface area contributed by atoms with Gasteiger partial charge in [0.2, 0.25) is 0 Å². The maximum atomic E-state index is 12.9. The van der Waals surface area contributed by atoms with Crippen molar-refractivity contribution in [3.63, 3.8) is 0 Å². The number of imide groups is 1. The van der Waals surface area contributed by atoms with Gasteiger partial charge < -0.3 is 24.1 Å². The highest BCUT2D eigenvalue weighted by molar-refractivity contribution is 6.15. The number of benzene rings is 2. The number of phenolic OH excluding ortho intramolecular Hbond substituents is 1. The third kappa shape index (κ3) is 7.35. The lowest BCUT2D eigenvalue weighted by molar-refractivity contribution is -0.153. The molecule has 0 spiro atoms. The molecule has 1 aliphatic rings. The van der Waals surface area contributed by atoms with Crippen LogP contribution in [-0.2, 0) is 23.9 Å². The van der Waals surface area contributed by atoms with E-state index in [-0.39, 0.29) is 35.6 Å². The third-order valence-corrected chi connectivity index (χ3v) is 5.64. The molecule has 0 saturated carbocycles. The highest BCUT2D eigenvalue weighted by atomic mass is 16.6. The Morgan fingerprint density at radius 2 is 1.51 bits per heavy atom. The lowest BCUT2D eigenvalue weighted by atomic mass is 10.0. The first-order valence-corrected chi connectivity index (χ1v) is 12.0. The molecule has 3 rings (SSSR count). The Morgan fingerprint density at radius 1 is 0.897 bits per heavy atom. The van der Waals surface area contributed by atoms with Gasteiger partial charge in [0.25, 0.3) is 11.8 Å². The van der Waals surface area contributed by atoms with Gasteiger partial charge in [-0.25, -0.2) is 4.79 Å². The Morgan fingerprint density at radius 3 is 2.15 bits per heavy atom. The maximum Gasteiger partial charge on any atom is 0.335 e. The third-order valence-electron chi connectivity index (χ3n) is 5.64. The Hall–Kier alpha value is -4.86. The lowest BCUT2D eigenvalue weighted by Gasteiger charge is -2.27. The second-order valence-corrected chi connectivity index (χ2v) is 8.74. The Labute approximate surface area is 225 Å². The molecule has 0 radical (unpaired) electrons. The van der Waals surface area contributed by atoms with E-state index in [0.717, 1.165) is 22.6 Å². The van der Waals surface area contributed by atoms with E-state index < -0.39 is 23.8 Å². The number of amides is 2. The van der Waals surface area contributed by atoms with E-state index in [1.807, 2.05) is 0 Å². The highest BCUT2D eigenvalue weighted by Gasteiger charge is 2.39. The second kappa shape index (κ2) is 13.1. The van der Waals surface area contributed by atoms with Crippen molar-refractivity contribution in [1.82, 2.24) is 4.90 Å². The van der Waals surface area contributed by atoms with Crippen molar-refractivity contribution in [2.24, 2.45) is 5.92 Å². The van der Waals surface area contributed by atoms with Gasteiger partial charge in [0.05, 0.1) is 20.5 Å². The second-order valence-electron chi connectivity index (χ2n) is 8.74. The van der Waals surface area contributed by atoms with Crippen LogP contribution in [0.15, 0.2) is 60.9 Å². The van der Waals surface area contributed by atoms with Gasteiger partial charge in [-0.05, 0) is 53.5 Å². The molecule has 1 aliphatic heterocycles. The first kappa shape index (κ1) is 28.7. The van der Waals surface area contributed by atoms with E-state index in [1.54, 1.807) is 50.3 Å². The van der Waals surface area contributed by atoms with Crippen molar-refractivity contribution in [2.75, 3.05) is 20.8 Å². The van der Waals surface area contributed by atoms with E-state index in [9.17, 15) is 24.3 Å². The summed E-state index contributed by atoms with van der Waals surface area (Å²) in [6, 6.07) is 8.36.